The van der Waals surface area contributed by atoms with E-state index in [0.717, 1.165) is 37.7 Å². The second-order valence-electron chi connectivity index (χ2n) is 8.64. The Morgan fingerprint density at radius 3 is 2.33 bits per heavy atom. The van der Waals surface area contributed by atoms with E-state index in [1.165, 1.54) is 0 Å². The number of nitrogens with one attached hydrogen (secondary N) is 2. The van der Waals surface area contributed by atoms with Crippen LogP contribution in [0.5, 0.6) is 11.5 Å². The molecule has 0 aliphatic carbocycles. The summed E-state index contributed by atoms with van der Waals surface area (Å²) in [5, 5.41) is 5.83. The number of anilines is 3. The van der Waals surface area contributed by atoms with Crippen molar-refractivity contribution in [1.29, 1.82) is 0 Å². The third kappa shape index (κ3) is 7.56. The number of amides is 2. The van der Waals surface area contributed by atoms with Crippen LogP contribution >= 0.6 is 0 Å². The molecule has 1 aliphatic heterocycles. The second kappa shape index (κ2) is 12.7. The molecule has 1 heterocycles. The minimum absolute atomic E-state index is 0.126. The zero-order valence-electron chi connectivity index (χ0n) is 20.5. The van der Waals surface area contributed by atoms with Crippen LogP contribution in [0.3, 0.4) is 0 Å². The highest BCUT2D eigenvalue weighted by atomic mass is 16.5. The van der Waals surface area contributed by atoms with Crippen molar-refractivity contribution in [2.45, 2.75) is 6.42 Å². The van der Waals surface area contributed by atoms with Gasteiger partial charge in [-0.2, -0.15) is 0 Å². The Balaban J connectivity index is 1.21. The Bertz CT molecular complexity index is 1130. The average Bonchev–Trinajstić information content (AvgIpc) is 2.90. The topological polar surface area (TPSA) is 83.1 Å². The van der Waals surface area contributed by atoms with Gasteiger partial charge in [-0.05, 0) is 55.6 Å². The van der Waals surface area contributed by atoms with Crippen LogP contribution in [0, 0.1) is 0 Å². The predicted molar refractivity (Wildman–Crippen MR) is 142 cm³/mol. The number of morpholine rings is 1. The van der Waals surface area contributed by atoms with Crippen LogP contribution in [0.25, 0.3) is 0 Å². The van der Waals surface area contributed by atoms with Gasteiger partial charge in [-0.3, -0.25) is 14.5 Å². The molecule has 2 N–H and O–H groups in total. The number of nitrogens with zero attached hydrogens (tertiary/aromatic N) is 2. The van der Waals surface area contributed by atoms with Crippen molar-refractivity contribution in [3.05, 3.63) is 78.9 Å². The standard InChI is InChI=1S/C28H32N4O4/c1-31(21-28(34)29-22-11-13-23(14-12-22)32-17-19-35-20-18-32)16-15-27(33)30-25-9-5-6-10-26(25)36-24-7-3-2-4-8-24/h2-14H,15-21H2,1H3,(H,29,34)(H,30,33). The molecule has 0 bridgehead atoms. The first kappa shape index (κ1) is 25.2. The van der Waals surface area contributed by atoms with Crippen LogP contribution in [0.15, 0.2) is 78.9 Å². The van der Waals surface area contributed by atoms with Gasteiger partial charge in [-0.1, -0.05) is 30.3 Å². The van der Waals surface area contributed by atoms with Crippen LogP contribution in [-0.2, 0) is 14.3 Å². The lowest BCUT2D eigenvalue weighted by Gasteiger charge is -2.28. The molecule has 188 valence electrons. The molecule has 1 fully saturated rings. The Kier molecular flexibility index (Phi) is 8.91. The van der Waals surface area contributed by atoms with E-state index < -0.39 is 0 Å². The minimum atomic E-state index is -0.148. The highest BCUT2D eigenvalue weighted by molar-refractivity contribution is 5.93. The number of hydrogen-bond acceptors (Lipinski definition) is 6. The van der Waals surface area contributed by atoms with E-state index in [-0.39, 0.29) is 24.8 Å². The quantitative estimate of drug-likeness (QED) is 0.445. The SMILES string of the molecule is CN(CCC(=O)Nc1ccccc1Oc1ccccc1)CC(=O)Nc1ccc(N2CCOCC2)cc1. The van der Waals surface area contributed by atoms with Crippen molar-refractivity contribution in [1.82, 2.24) is 4.90 Å². The van der Waals surface area contributed by atoms with E-state index in [2.05, 4.69) is 15.5 Å². The molecule has 8 heteroatoms. The van der Waals surface area contributed by atoms with Crippen LogP contribution in [0.2, 0.25) is 0 Å². The van der Waals surface area contributed by atoms with Gasteiger partial charge in [0.05, 0.1) is 25.4 Å². The molecule has 8 nitrogen and oxygen atoms in total. The van der Waals surface area contributed by atoms with Gasteiger partial charge in [0.1, 0.15) is 5.75 Å². The molecule has 0 radical (unpaired) electrons. The first-order chi connectivity index (χ1) is 17.6. The Labute approximate surface area is 211 Å². The van der Waals surface area contributed by atoms with E-state index in [9.17, 15) is 9.59 Å². The smallest absolute Gasteiger partial charge is 0.238 e. The average molecular weight is 489 g/mol. The monoisotopic (exact) mass is 488 g/mol. The van der Waals surface area contributed by atoms with Crippen molar-refractivity contribution >= 4 is 28.9 Å². The van der Waals surface area contributed by atoms with E-state index in [1.54, 1.807) is 6.07 Å². The molecule has 0 saturated carbocycles. The normalized spacial score (nSPS) is 13.3. The summed E-state index contributed by atoms with van der Waals surface area (Å²) in [4.78, 5) is 29.1. The summed E-state index contributed by atoms with van der Waals surface area (Å²) in [5.74, 6) is 0.994. The van der Waals surface area contributed by atoms with Crippen molar-refractivity contribution < 1.29 is 19.1 Å². The number of hydrogen-bond donors (Lipinski definition) is 2. The zero-order chi connectivity index (χ0) is 25.2. The number of carbonyl (C=O) groups excluding carboxylic acids is 2. The van der Waals surface area contributed by atoms with Gasteiger partial charge in [-0.15, -0.1) is 0 Å². The summed E-state index contributed by atoms with van der Waals surface area (Å²) in [6.45, 7) is 3.84. The molecule has 3 aromatic carbocycles. The van der Waals surface area contributed by atoms with Crippen LogP contribution in [-0.4, -0.2) is 63.2 Å². The van der Waals surface area contributed by atoms with Crippen molar-refractivity contribution in [2.75, 3.05) is 62.0 Å². The van der Waals surface area contributed by atoms with Crippen LogP contribution in [0.4, 0.5) is 17.1 Å². The van der Waals surface area contributed by atoms with Gasteiger partial charge in [0.2, 0.25) is 11.8 Å². The molecule has 2 amide bonds. The Morgan fingerprint density at radius 2 is 1.58 bits per heavy atom. The summed E-state index contributed by atoms with van der Waals surface area (Å²) in [5.41, 5.74) is 2.47. The molecule has 1 aliphatic rings. The van der Waals surface area contributed by atoms with Gasteiger partial charge in [0, 0.05) is 37.4 Å². The van der Waals surface area contributed by atoms with Gasteiger partial charge in [0.25, 0.3) is 0 Å². The number of carbonyl (C=O) groups is 2. The summed E-state index contributed by atoms with van der Waals surface area (Å²) in [6.07, 6.45) is 0.248. The highest BCUT2D eigenvalue weighted by Gasteiger charge is 2.13. The molecule has 3 aromatic rings. The third-order valence-electron chi connectivity index (χ3n) is 5.79. The summed E-state index contributed by atoms with van der Waals surface area (Å²) in [6, 6.07) is 24.6. The second-order valence-corrected chi connectivity index (χ2v) is 8.64. The maximum Gasteiger partial charge on any atom is 0.238 e. The molecule has 0 atom stereocenters. The number of para-hydroxylation sites is 3. The number of benzene rings is 3. The van der Waals surface area contributed by atoms with Crippen molar-refractivity contribution in [3.8, 4) is 11.5 Å². The van der Waals surface area contributed by atoms with Gasteiger partial charge in [-0.25, -0.2) is 0 Å². The number of likely N-dealkylation sites (N-methyl/N-ethyl adjacent to an activating group) is 1. The third-order valence-corrected chi connectivity index (χ3v) is 5.79. The van der Waals surface area contributed by atoms with Crippen molar-refractivity contribution in [3.63, 3.8) is 0 Å². The lowest BCUT2D eigenvalue weighted by Crippen LogP contribution is -2.36. The lowest BCUT2D eigenvalue weighted by molar-refractivity contribution is -0.119. The molecule has 0 unspecified atom stereocenters. The molecule has 0 spiro atoms. The predicted octanol–water partition coefficient (Wildman–Crippen LogP) is 4.21. The van der Waals surface area contributed by atoms with E-state index in [1.807, 2.05) is 84.7 Å². The van der Waals surface area contributed by atoms with Gasteiger partial charge < -0.3 is 25.0 Å². The fraction of sp³-hybridized carbons (Fsp3) is 0.286. The van der Waals surface area contributed by atoms with E-state index >= 15 is 0 Å². The molecule has 0 aromatic heterocycles. The number of ether oxygens (including phenoxy) is 2. The highest BCUT2D eigenvalue weighted by Crippen LogP contribution is 2.29. The van der Waals surface area contributed by atoms with Crippen LogP contribution < -0.4 is 20.3 Å². The molecular weight excluding hydrogens is 456 g/mol. The molecular formula is C28H32N4O4. The Hall–Kier alpha value is -3.88. The summed E-state index contributed by atoms with van der Waals surface area (Å²) < 4.78 is 11.3. The molecule has 36 heavy (non-hydrogen) atoms. The van der Waals surface area contributed by atoms with Crippen molar-refractivity contribution in [2.24, 2.45) is 0 Å². The fourth-order valence-electron chi connectivity index (χ4n) is 3.88. The fourth-order valence-corrected chi connectivity index (χ4v) is 3.88. The first-order valence-electron chi connectivity index (χ1n) is 12.1. The summed E-state index contributed by atoms with van der Waals surface area (Å²) in [7, 11) is 1.82. The van der Waals surface area contributed by atoms with Gasteiger partial charge >= 0.3 is 0 Å². The van der Waals surface area contributed by atoms with Crippen LogP contribution in [0.1, 0.15) is 6.42 Å². The van der Waals surface area contributed by atoms with E-state index in [4.69, 9.17) is 9.47 Å². The maximum atomic E-state index is 12.6. The number of rotatable bonds is 10. The minimum Gasteiger partial charge on any atom is -0.455 e. The molecule has 4 rings (SSSR count). The van der Waals surface area contributed by atoms with E-state index in [0.29, 0.717) is 23.7 Å². The maximum absolute atomic E-state index is 12.6. The molecule has 1 saturated heterocycles. The largest absolute Gasteiger partial charge is 0.455 e. The Morgan fingerprint density at radius 1 is 0.889 bits per heavy atom. The zero-order valence-corrected chi connectivity index (χ0v) is 20.5. The summed E-state index contributed by atoms with van der Waals surface area (Å²) >= 11 is 0. The lowest BCUT2D eigenvalue weighted by atomic mass is 10.2. The van der Waals surface area contributed by atoms with Gasteiger partial charge in [0.15, 0.2) is 5.75 Å². The first-order valence-corrected chi connectivity index (χ1v) is 12.1.